The number of nitrogens with one attached hydrogen (secondary N) is 1. The van der Waals surface area contributed by atoms with Crippen molar-refractivity contribution in [3.63, 3.8) is 0 Å². The van der Waals surface area contributed by atoms with Gasteiger partial charge in [-0.2, -0.15) is 0 Å². The van der Waals surface area contributed by atoms with E-state index < -0.39 is 0 Å². The summed E-state index contributed by atoms with van der Waals surface area (Å²) in [4.78, 5) is 4.46. The summed E-state index contributed by atoms with van der Waals surface area (Å²) in [6.07, 6.45) is 5.11. The molecule has 0 spiro atoms. The van der Waals surface area contributed by atoms with E-state index in [9.17, 15) is 0 Å². The molecule has 2 aliphatic rings. The molecule has 1 aliphatic carbocycles. The van der Waals surface area contributed by atoms with Crippen LogP contribution in [0, 0.1) is 5.92 Å². The molecule has 3 N–H and O–H groups in total. The van der Waals surface area contributed by atoms with Gasteiger partial charge in [-0.1, -0.05) is 6.42 Å². The normalized spacial score (nSPS) is 20.6. The average molecular weight is 317 g/mol. The third-order valence-corrected chi connectivity index (χ3v) is 4.60. The second-order valence-electron chi connectivity index (χ2n) is 6.51. The number of guanidine groups is 1. The van der Waals surface area contributed by atoms with Gasteiger partial charge in [-0.3, -0.25) is 0 Å². The van der Waals surface area contributed by atoms with Crippen molar-refractivity contribution in [3.8, 4) is 11.5 Å². The summed E-state index contributed by atoms with van der Waals surface area (Å²) in [7, 11) is 0. The lowest BCUT2D eigenvalue weighted by atomic mass is 9.85. The van der Waals surface area contributed by atoms with Crippen molar-refractivity contribution in [1.82, 2.24) is 5.32 Å². The fraction of sp³-hybridized carbons (Fsp3) is 0.611. The van der Waals surface area contributed by atoms with Crippen LogP contribution in [0.3, 0.4) is 0 Å². The Bertz CT molecular complexity index is 582. The van der Waals surface area contributed by atoms with E-state index in [0.717, 1.165) is 35.9 Å². The second-order valence-corrected chi connectivity index (χ2v) is 6.51. The van der Waals surface area contributed by atoms with Gasteiger partial charge in [0.25, 0.3) is 0 Å². The number of nitrogens with zero attached hydrogens (tertiary/aromatic N) is 1. The number of ether oxygens (including phenoxy) is 2. The predicted octanol–water partition coefficient (Wildman–Crippen LogP) is 2.61. The summed E-state index contributed by atoms with van der Waals surface area (Å²) in [5.41, 5.74) is 8.21. The molecule has 0 saturated heterocycles. The Morgan fingerprint density at radius 2 is 2.26 bits per heavy atom. The molecule has 5 heteroatoms. The minimum atomic E-state index is 0.229. The van der Waals surface area contributed by atoms with Gasteiger partial charge in [0.15, 0.2) is 5.96 Å². The Morgan fingerprint density at radius 1 is 1.43 bits per heavy atom. The van der Waals surface area contributed by atoms with Crippen molar-refractivity contribution in [3.05, 3.63) is 23.3 Å². The topological polar surface area (TPSA) is 68.9 Å². The molecule has 1 unspecified atom stereocenters. The summed E-state index contributed by atoms with van der Waals surface area (Å²) in [6, 6.07) is 4.14. The van der Waals surface area contributed by atoms with E-state index in [4.69, 9.17) is 15.2 Å². The van der Waals surface area contributed by atoms with Crippen LogP contribution in [-0.4, -0.2) is 25.2 Å². The van der Waals surface area contributed by atoms with Gasteiger partial charge in [-0.15, -0.1) is 0 Å². The zero-order chi connectivity index (χ0) is 16.2. The Labute approximate surface area is 138 Å². The SMILES string of the molecule is CCOc1cc2c(cc1CN=C(N)NCC1CCC1)OC(C)C2. The average Bonchev–Trinajstić information content (AvgIpc) is 2.82. The number of aliphatic imine (C=N–C) groups is 1. The number of hydrogen-bond donors (Lipinski definition) is 2. The van der Waals surface area contributed by atoms with Gasteiger partial charge < -0.3 is 20.5 Å². The van der Waals surface area contributed by atoms with Gasteiger partial charge in [0.1, 0.15) is 17.6 Å². The summed E-state index contributed by atoms with van der Waals surface area (Å²) in [5.74, 6) is 3.11. The monoisotopic (exact) mass is 317 g/mol. The van der Waals surface area contributed by atoms with Crippen molar-refractivity contribution in [2.75, 3.05) is 13.2 Å². The highest BCUT2D eigenvalue weighted by Gasteiger charge is 2.22. The Hall–Kier alpha value is -1.91. The molecule has 0 bridgehead atoms. The molecule has 1 fully saturated rings. The number of hydrogen-bond acceptors (Lipinski definition) is 3. The van der Waals surface area contributed by atoms with Crippen molar-refractivity contribution in [2.24, 2.45) is 16.6 Å². The zero-order valence-corrected chi connectivity index (χ0v) is 14.1. The van der Waals surface area contributed by atoms with Crippen LogP contribution < -0.4 is 20.5 Å². The van der Waals surface area contributed by atoms with Gasteiger partial charge >= 0.3 is 0 Å². The summed E-state index contributed by atoms with van der Waals surface area (Å²) >= 11 is 0. The molecule has 23 heavy (non-hydrogen) atoms. The first kappa shape index (κ1) is 16.0. The van der Waals surface area contributed by atoms with E-state index in [2.05, 4.69) is 23.3 Å². The fourth-order valence-corrected chi connectivity index (χ4v) is 3.07. The van der Waals surface area contributed by atoms with Crippen LogP contribution >= 0.6 is 0 Å². The summed E-state index contributed by atoms with van der Waals surface area (Å²) < 4.78 is 11.6. The lowest BCUT2D eigenvalue weighted by Gasteiger charge is -2.25. The van der Waals surface area contributed by atoms with E-state index in [1.165, 1.54) is 24.8 Å². The molecular weight excluding hydrogens is 290 g/mol. The van der Waals surface area contributed by atoms with E-state index in [1.807, 2.05) is 13.0 Å². The number of rotatable bonds is 6. The molecule has 0 amide bonds. The van der Waals surface area contributed by atoms with Crippen molar-refractivity contribution in [2.45, 2.75) is 52.2 Å². The lowest BCUT2D eigenvalue weighted by Crippen LogP contribution is -2.37. The maximum Gasteiger partial charge on any atom is 0.188 e. The quantitative estimate of drug-likeness (QED) is 0.625. The van der Waals surface area contributed by atoms with Crippen LogP contribution in [0.1, 0.15) is 44.2 Å². The minimum Gasteiger partial charge on any atom is -0.494 e. The summed E-state index contributed by atoms with van der Waals surface area (Å²) in [5, 5.41) is 3.22. The third kappa shape index (κ3) is 3.89. The molecule has 1 aliphatic heterocycles. The van der Waals surface area contributed by atoms with Gasteiger partial charge in [-0.05, 0) is 44.7 Å². The number of benzene rings is 1. The lowest BCUT2D eigenvalue weighted by molar-refractivity contribution is 0.254. The van der Waals surface area contributed by atoms with Crippen molar-refractivity contribution < 1.29 is 9.47 Å². The first-order valence-electron chi connectivity index (χ1n) is 8.64. The zero-order valence-electron chi connectivity index (χ0n) is 14.1. The first-order valence-corrected chi connectivity index (χ1v) is 8.64. The Balaban J connectivity index is 1.66. The molecule has 3 rings (SSSR count). The van der Waals surface area contributed by atoms with Crippen LogP contribution in [0.15, 0.2) is 17.1 Å². The van der Waals surface area contributed by atoms with Crippen LogP contribution in [0.5, 0.6) is 11.5 Å². The molecule has 126 valence electrons. The van der Waals surface area contributed by atoms with Crippen LogP contribution in [-0.2, 0) is 13.0 Å². The number of fused-ring (bicyclic) bond motifs is 1. The largest absolute Gasteiger partial charge is 0.494 e. The molecule has 0 aromatic heterocycles. The minimum absolute atomic E-state index is 0.229. The summed E-state index contributed by atoms with van der Waals surface area (Å²) in [6.45, 7) is 6.15. The van der Waals surface area contributed by atoms with Gasteiger partial charge in [0.05, 0.1) is 13.2 Å². The van der Waals surface area contributed by atoms with Gasteiger partial charge in [0.2, 0.25) is 0 Å². The smallest absolute Gasteiger partial charge is 0.188 e. The molecule has 1 atom stereocenters. The Kier molecular flexibility index (Phi) is 4.94. The molecular formula is C18H27N3O2. The van der Waals surface area contributed by atoms with E-state index in [0.29, 0.717) is 19.1 Å². The highest BCUT2D eigenvalue weighted by Crippen LogP contribution is 2.35. The predicted molar refractivity (Wildman–Crippen MR) is 92.1 cm³/mol. The highest BCUT2D eigenvalue weighted by molar-refractivity contribution is 5.77. The maximum atomic E-state index is 5.97. The highest BCUT2D eigenvalue weighted by atomic mass is 16.5. The molecule has 0 radical (unpaired) electrons. The second kappa shape index (κ2) is 7.11. The van der Waals surface area contributed by atoms with Crippen LogP contribution in [0.25, 0.3) is 0 Å². The van der Waals surface area contributed by atoms with Gasteiger partial charge in [0, 0.05) is 24.1 Å². The van der Waals surface area contributed by atoms with Crippen LogP contribution in [0.4, 0.5) is 0 Å². The molecule has 5 nitrogen and oxygen atoms in total. The van der Waals surface area contributed by atoms with Gasteiger partial charge in [-0.25, -0.2) is 4.99 Å². The molecule has 1 aromatic rings. The Morgan fingerprint density at radius 3 is 2.96 bits per heavy atom. The van der Waals surface area contributed by atoms with Crippen LogP contribution in [0.2, 0.25) is 0 Å². The third-order valence-electron chi connectivity index (χ3n) is 4.60. The van der Waals surface area contributed by atoms with E-state index in [1.54, 1.807) is 0 Å². The van der Waals surface area contributed by atoms with Crippen molar-refractivity contribution >= 4 is 5.96 Å². The molecule has 1 aromatic carbocycles. The standard InChI is InChI=1S/C18H27N3O2/c1-3-22-16-8-14-7-12(2)23-17(14)9-15(16)11-21-18(19)20-10-13-5-4-6-13/h8-9,12-13H,3-7,10-11H2,1-2H3,(H3,19,20,21). The first-order chi connectivity index (χ1) is 11.2. The van der Waals surface area contributed by atoms with Crippen molar-refractivity contribution in [1.29, 1.82) is 0 Å². The van der Waals surface area contributed by atoms with E-state index in [-0.39, 0.29) is 6.10 Å². The number of nitrogens with two attached hydrogens (primary N) is 1. The maximum absolute atomic E-state index is 5.97. The van der Waals surface area contributed by atoms with E-state index >= 15 is 0 Å². The molecule has 1 saturated carbocycles. The fourth-order valence-electron chi connectivity index (χ4n) is 3.07. The molecule has 1 heterocycles.